The number of amides is 2. The topological polar surface area (TPSA) is 65.8 Å². The second-order valence-corrected chi connectivity index (χ2v) is 6.46. The van der Waals surface area contributed by atoms with Gasteiger partial charge in [-0.25, -0.2) is 0 Å². The number of piperazine rings is 1. The molecule has 0 aliphatic carbocycles. The van der Waals surface area contributed by atoms with Crippen LogP contribution in [0.3, 0.4) is 0 Å². The Morgan fingerprint density at radius 2 is 2.08 bits per heavy atom. The first-order chi connectivity index (χ1) is 11.7. The minimum atomic E-state index is -0.00719. The van der Waals surface area contributed by atoms with Gasteiger partial charge in [-0.1, -0.05) is 18.2 Å². The number of fused-ring (bicyclic) bond motifs is 1. The fourth-order valence-electron chi connectivity index (χ4n) is 3.71. The van der Waals surface area contributed by atoms with E-state index in [1.165, 1.54) is 0 Å². The summed E-state index contributed by atoms with van der Waals surface area (Å²) in [5, 5.41) is 3.95. The maximum absolute atomic E-state index is 12.9. The van der Waals surface area contributed by atoms with Crippen LogP contribution in [-0.4, -0.2) is 60.4 Å². The first-order valence-electron chi connectivity index (χ1n) is 8.50. The van der Waals surface area contributed by atoms with Gasteiger partial charge < -0.3 is 19.5 Å². The van der Waals surface area contributed by atoms with Crippen molar-refractivity contribution in [3.05, 3.63) is 36.1 Å². The van der Waals surface area contributed by atoms with Crippen molar-refractivity contribution in [1.29, 1.82) is 0 Å². The molecule has 0 bridgehead atoms. The number of carbonyl (C=O) groups is 2. The minimum absolute atomic E-state index is 0. The van der Waals surface area contributed by atoms with Gasteiger partial charge in [0.05, 0.1) is 12.1 Å². The Labute approximate surface area is 152 Å². The maximum Gasteiger partial charge on any atom is 0.257 e. The van der Waals surface area contributed by atoms with E-state index in [4.69, 9.17) is 4.42 Å². The molecule has 1 atom stereocenters. The second kappa shape index (κ2) is 7.45. The van der Waals surface area contributed by atoms with Gasteiger partial charge in [0.1, 0.15) is 11.8 Å². The zero-order valence-electron chi connectivity index (χ0n) is 13.9. The molecule has 2 saturated heterocycles. The van der Waals surface area contributed by atoms with Gasteiger partial charge in [-0.2, -0.15) is 0 Å². The lowest BCUT2D eigenvalue weighted by Crippen LogP contribution is -2.57. The monoisotopic (exact) mass is 363 g/mol. The zero-order valence-corrected chi connectivity index (χ0v) is 14.8. The zero-order chi connectivity index (χ0) is 16.5. The molecule has 4 rings (SSSR count). The van der Waals surface area contributed by atoms with Crippen LogP contribution in [0.15, 0.2) is 34.9 Å². The molecule has 2 amide bonds. The Morgan fingerprint density at radius 3 is 2.92 bits per heavy atom. The van der Waals surface area contributed by atoms with Gasteiger partial charge in [0.25, 0.3) is 5.91 Å². The molecule has 1 unspecified atom stereocenters. The number of nitrogens with zero attached hydrogens (tertiary/aromatic N) is 2. The summed E-state index contributed by atoms with van der Waals surface area (Å²) in [7, 11) is 0. The normalized spacial score (nSPS) is 21.3. The Balaban J connectivity index is 0.00000182. The molecule has 6 nitrogen and oxygen atoms in total. The van der Waals surface area contributed by atoms with E-state index >= 15 is 0 Å². The van der Waals surface area contributed by atoms with Crippen LogP contribution in [0.4, 0.5) is 0 Å². The Bertz CT molecular complexity index is 776. The van der Waals surface area contributed by atoms with Crippen LogP contribution in [0.5, 0.6) is 0 Å². The van der Waals surface area contributed by atoms with E-state index in [9.17, 15) is 9.59 Å². The Kier molecular flexibility index (Phi) is 5.30. The lowest BCUT2D eigenvalue weighted by atomic mass is 10.0. The molecule has 1 N–H and O–H groups in total. The highest BCUT2D eigenvalue weighted by Crippen LogP contribution is 2.24. The van der Waals surface area contributed by atoms with Crippen molar-refractivity contribution in [3.63, 3.8) is 0 Å². The average Bonchev–Trinajstić information content (AvgIpc) is 3.06. The first-order valence-corrected chi connectivity index (χ1v) is 8.50. The number of nitrogens with one attached hydrogen (secondary N) is 1. The lowest BCUT2D eigenvalue weighted by molar-refractivity contribution is -0.135. The summed E-state index contributed by atoms with van der Waals surface area (Å²) in [6.45, 7) is 3.28. The van der Waals surface area contributed by atoms with Gasteiger partial charge in [-0.3, -0.25) is 9.59 Å². The third kappa shape index (κ3) is 3.37. The second-order valence-electron chi connectivity index (χ2n) is 6.46. The summed E-state index contributed by atoms with van der Waals surface area (Å²) >= 11 is 0. The summed E-state index contributed by atoms with van der Waals surface area (Å²) in [4.78, 5) is 28.8. The third-order valence-corrected chi connectivity index (χ3v) is 4.96. The number of carbonyl (C=O) groups excluding carboxylic acids is 2. The van der Waals surface area contributed by atoms with Crippen LogP contribution < -0.4 is 5.32 Å². The summed E-state index contributed by atoms with van der Waals surface area (Å²) in [5.41, 5.74) is 1.34. The smallest absolute Gasteiger partial charge is 0.257 e. The molecule has 3 heterocycles. The summed E-state index contributed by atoms with van der Waals surface area (Å²) in [5.74, 6) is 0.126. The van der Waals surface area contributed by atoms with Gasteiger partial charge in [0, 0.05) is 37.6 Å². The van der Waals surface area contributed by atoms with E-state index in [0.717, 1.165) is 43.4 Å². The van der Waals surface area contributed by atoms with Crippen LogP contribution in [0.1, 0.15) is 23.2 Å². The quantitative estimate of drug-likeness (QED) is 0.885. The molecular formula is C18H22ClN3O3. The minimum Gasteiger partial charge on any atom is -0.463 e. The van der Waals surface area contributed by atoms with Crippen LogP contribution >= 0.6 is 12.4 Å². The molecule has 134 valence electrons. The number of para-hydroxylation sites is 1. The van der Waals surface area contributed by atoms with Crippen molar-refractivity contribution in [2.45, 2.75) is 18.9 Å². The van der Waals surface area contributed by atoms with Gasteiger partial charge in [-0.05, 0) is 18.9 Å². The highest BCUT2D eigenvalue weighted by Gasteiger charge is 2.32. The number of furan rings is 1. The van der Waals surface area contributed by atoms with Gasteiger partial charge in [0.15, 0.2) is 0 Å². The molecule has 2 aromatic rings. The Hall–Kier alpha value is -2.05. The van der Waals surface area contributed by atoms with Crippen LogP contribution in [-0.2, 0) is 4.79 Å². The predicted octanol–water partition coefficient (Wildman–Crippen LogP) is 1.89. The van der Waals surface area contributed by atoms with Crippen molar-refractivity contribution in [3.8, 4) is 0 Å². The summed E-state index contributed by atoms with van der Waals surface area (Å²) < 4.78 is 5.50. The molecule has 0 spiro atoms. The predicted molar refractivity (Wildman–Crippen MR) is 97.0 cm³/mol. The number of piperidine rings is 1. The van der Waals surface area contributed by atoms with Crippen molar-refractivity contribution >= 4 is 35.2 Å². The van der Waals surface area contributed by atoms with Crippen molar-refractivity contribution in [2.24, 2.45) is 0 Å². The molecule has 7 heteroatoms. The molecule has 1 aromatic carbocycles. The number of hydrogen-bond donors (Lipinski definition) is 1. The summed E-state index contributed by atoms with van der Waals surface area (Å²) in [6, 6.07) is 7.70. The van der Waals surface area contributed by atoms with Gasteiger partial charge in [-0.15, -0.1) is 12.4 Å². The van der Waals surface area contributed by atoms with Crippen LogP contribution in [0.2, 0.25) is 0 Å². The number of benzene rings is 1. The number of halogens is 1. The summed E-state index contributed by atoms with van der Waals surface area (Å²) in [6.07, 6.45) is 3.43. The molecule has 2 aliphatic heterocycles. The van der Waals surface area contributed by atoms with E-state index in [1.807, 2.05) is 34.1 Å². The molecule has 25 heavy (non-hydrogen) atoms. The largest absolute Gasteiger partial charge is 0.463 e. The standard InChI is InChI=1S/C18H21N3O3.ClH/c22-17-10-19-7-9-21(17)13-4-3-8-20(11-13)18(23)15-12-24-16-6-2-1-5-14(15)16;/h1-2,5-6,12-13,19H,3-4,7-11H2;1H. The van der Waals surface area contributed by atoms with Crippen molar-refractivity contribution in [2.75, 3.05) is 32.7 Å². The van der Waals surface area contributed by atoms with Gasteiger partial charge in [0.2, 0.25) is 5.91 Å². The first kappa shape index (κ1) is 17.8. The lowest BCUT2D eigenvalue weighted by Gasteiger charge is -2.41. The third-order valence-electron chi connectivity index (χ3n) is 4.96. The van der Waals surface area contributed by atoms with Gasteiger partial charge >= 0.3 is 0 Å². The maximum atomic E-state index is 12.9. The fraction of sp³-hybridized carbons (Fsp3) is 0.444. The molecule has 2 aliphatic rings. The molecule has 0 saturated carbocycles. The molecule has 1 aromatic heterocycles. The van der Waals surface area contributed by atoms with E-state index < -0.39 is 0 Å². The average molecular weight is 364 g/mol. The van der Waals surface area contributed by atoms with Crippen molar-refractivity contribution < 1.29 is 14.0 Å². The van der Waals surface area contributed by atoms with Crippen LogP contribution in [0.25, 0.3) is 11.0 Å². The Morgan fingerprint density at radius 1 is 1.24 bits per heavy atom. The van der Waals surface area contributed by atoms with E-state index in [-0.39, 0.29) is 30.3 Å². The highest BCUT2D eigenvalue weighted by molar-refractivity contribution is 6.05. The number of hydrogen-bond acceptors (Lipinski definition) is 4. The molecule has 0 radical (unpaired) electrons. The molecule has 2 fully saturated rings. The van der Waals surface area contributed by atoms with E-state index in [1.54, 1.807) is 6.26 Å². The van der Waals surface area contributed by atoms with Crippen LogP contribution in [0, 0.1) is 0 Å². The van der Waals surface area contributed by atoms with Crippen molar-refractivity contribution in [1.82, 2.24) is 15.1 Å². The van der Waals surface area contributed by atoms with E-state index in [0.29, 0.717) is 18.7 Å². The number of rotatable bonds is 2. The highest BCUT2D eigenvalue weighted by atomic mass is 35.5. The molecular weight excluding hydrogens is 342 g/mol. The SMILES string of the molecule is Cl.O=C(c1coc2ccccc12)N1CCCC(N2CCNCC2=O)C1. The number of likely N-dealkylation sites (tertiary alicyclic amines) is 1. The fourth-order valence-corrected chi connectivity index (χ4v) is 3.71. The van der Waals surface area contributed by atoms with E-state index in [2.05, 4.69) is 5.32 Å².